The van der Waals surface area contributed by atoms with Crippen LogP contribution >= 0.6 is 0 Å². The second-order valence-corrected chi connectivity index (χ2v) is 4.44. The van der Waals surface area contributed by atoms with Crippen molar-refractivity contribution in [1.29, 1.82) is 0 Å². The monoisotopic (exact) mass is 262 g/mol. The van der Waals surface area contributed by atoms with E-state index in [0.29, 0.717) is 17.7 Å². The number of nitrogens with zero attached hydrogens (tertiary/aromatic N) is 1. The first-order chi connectivity index (χ1) is 9.11. The lowest BCUT2D eigenvalue weighted by Crippen LogP contribution is -2.22. The molecule has 0 radical (unpaired) electrons. The molecule has 1 N–H and O–H groups in total. The van der Waals surface area contributed by atoms with Crippen LogP contribution in [0.5, 0.6) is 0 Å². The summed E-state index contributed by atoms with van der Waals surface area (Å²) in [5.74, 6) is -0.655. The van der Waals surface area contributed by atoms with Crippen LogP contribution in [0.15, 0.2) is 36.7 Å². The normalized spacial score (nSPS) is 12.4. The van der Waals surface area contributed by atoms with Crippen LogP contribution in [0.25, 0.3) is 0 Å². The first-order valence-corrected chi connectivity index (χ1v) is 6.21. The molecular weight excluding hydrogens is 246 g/mol. The minimum absolute atomic E-state index is 0.259. The lowest BCUT2D eigenvalue weighted by atomic mass is 9.99. The molecule has 0 aliphatic carbocycles. The minimum atomic E-state index is -0.395. The molecule has 100 valence electrons. The molecular formula is C15H16F2N2. The van der Waals surface area contributed by atoms with Gasteiger partial charge in [-0.25, -0.2) is 8.78 Å². The SMILES string of the molecule is CCNC(c1cncc(F)c1)c1ccc(C)c(F)c1. The molecule has 0 saturated heterocycles. The summed E-state index contributed by atoms with van der Waals surface area (Å²) in [6, 6.07) is 6.20. The van der Waals surface area contributed by atoms with E-state index < -0.39 is 5.82 Å². The predicted molar refractivity (Wildman–Crippen MR) is 70.9 cm³/mol. The molecule has 0 aliphatic heterocycles. The summed E-state index contributed by atoms with van der Waals surface area (Å²) >= 11 is 0. The molecule has 0 fully saturated rings. The number of pyridine rings is 1. The smallest absolute Gasteiger partial charge is 0.141 e. The van der Waals surface area contributed by atoms with Crippen molar-refractivity contribution in [3.05, 3.63) is 65.0 Å². The van der Waals surface area contributed by atoms with E-state index in [1.807, 2.05) is 13.0 Å². The fourth-order valence-electron chi connectivity index (χ4n) is 2.01. The number of benzene rings is 1. The Morgan fingerprint density at radius 2 is 1.95 bits per heavy atom. The molecule has 19 heavy (non-hydrogen) atoms. The molecule has 1 unspecified atom stereocenters. The van der Waals surface area contributed by atoms with Crippen LogP contribution in [0, 0.1) is 18.6 Å². The van der Waals surface area contributed by atoms with Crippen molar-refractivity contribution in [1.82, 2.24) is 10.3 Å². The van der Waals surface area contributed by atoms with Gasteiger partial charge in [0.2, 0.25) is 0 Å². The van der Waals surface area contributed by atoms with Crippen LogP contribution in [0.1, 0.15) is 29.7 Å². The zero-order valence-corrected chi connectivity index (χ0v) is 11.0. The second-order valence-electron chi connectivity index (χ2n) is 4.44. The highest BCUT2D eigenvalue weighted by molar-refractivity contribution is 5.33. The van der Waals surface area contributed by atoms with Gasteiger partial charge in [-0.2, -0.15) is 0 Å². The van der Waals surface area contributed by atoms with E-state index in [4.69, 9.17) is 0 Å². The van der Waals surface area contributed by atoms with Gasteiger partial charge in [0.1, 0.15) is 11.6 Å². The average molecular weight is 262 g/mol. The summed E-state index contributed by atoms with van der Waals surface area (Å²) in [4.78, 5) is 3.84. The number of aryl methyl sites for hydroxylation is 1. The van der Waals surface area contributed by atoms with Crippen molar-refractivity contribution < 1.29 is 8.78 Å². The Morgan fingerprint density at radius 3 is 2.58 bits per heavy atom. The lowest BCUT2D eigenvalue weighted by molar-refractivity contribution is 0.585. The highest BCUT2D eigenvalue weighted by Gasteiger charge is 2.15. The summed E-state index contributed by atoms with van der Waals surface area (Å²) in [5, 5.41) is 3.22. The van der Waals surface area contributed by atoms with E-state index in [1.165, 1.54) is 12.1 Å². The number of aromatic nitrogens is 1. The Bertz CT molecular complexity index is 570. The van der Waals surface area contributed by atoms with E-state index >= 15 is 0 Å². The molecule has 1 atom stereocenters. The van der Waals surface area contributed by atoms with Gasteiger partial charge in [0.15, 0.2) is 0 Å². The van der Waals surface area contributed by atoms with Gasteiger partial charge >= 0.3 is 0 Å². The zero-order chi connectivity index (χ0) is 13.8. The van der Waals surface area contributed by atoms with Gasteiger partial charge in [-0.05, 0) is 42.3 Å². The van der Waals surface area contributed by atoms with Crippen LogP contribution in [-0.4, -0.2) is 11.5 Å². The van der Waals surface area contributed by atoms with Gasteiger partial charge < -0.3 is 5.32 Å². The summed E-state index contributed by atoms with van der Waals surface area (Å²) in [7, 11) is 0. The predicted octanol–water partition coefficient (Wildman–Crippen LogP) is 3.37. The highest BCUT2D eigenvalue weighted by atomic mass is 19.1. The Balaban J connectivity index is 2.42. The molecule has 0 saturated carbocycles. The molecule has 2 rings (SSSR count). The number of hydrogen-bond donors (Lipinski definition) is 1. The summed E-state index contributed by atoms with van der Waals surface area (Å²) in [6.07, 6.45) is 2.75. The first kappa shape index (κ1) is 13.6. The summed E-state index contributed by atoms with van der Waals surface area (Å²) in [5.41, 5.74) is 2.04. The van der Waals surface area contributed by atoms with Gasteiger partial charge in [0.05, 0.1) is 12.2 Å². The summed E-state index contributed by atoms with van der Waals surface area (Å²) < 4.78 is 26.9. The molecule has 2 aromatic rings. The number of halogens is 2. The molecule has 1 aromatic carbocycles. The van der Waals surface area contributed by atoms with Crippen molar-refractivity contribution in [2.45, 2.75) is 19.9 Å². The second kappa shape index (κ2) is 5.89. The molecule has 0 amide bonds. The maximum absolute atomic E-state index is 13.7. The van der Waals surface area contributed by atoms with Crippen LogP contribution in [0.4, 0.5) is 8.78 Å². The molecule has 1 heterocycles. The Hall–Kier alpha value is -1.81. The van der Waals surface area contributed by atoms with Gasteiger partial charge in [0.25, 0.3) is 0 Å². The number of rotatable bonds is 4. The number of hydrogen-bond acceptors (Lipinski definition) is 2. The van der Waals surface area contributed by atoms with Crippen LogP contribution in [-0.2, 0) is 0 Å². The largest absolute Gasteiger partial charge is 0.306 e. The van der Waals surface area contributed by atoms with Crippen molar-refractivity contribution >= 4 is 0 Å². The first-order valence-electron chi connectivity index (χ1n) is 6.21. The molecule has 4 heteroatoms. The fourth-order valence-corrected chi connectivity index (χ4v) is 2.01. The quantitative estimate of drug-likeness (QED) is 0.913. The van der Waals surface area contributed by atoms with E-state index in [0.717, 1.165) is 11.8 Å². The maximum atomic E-state index is 13.7. The van der Waals surface area contributed by atoms with Crippen LogP contribution in [0.3, 0.4) is 0 Å². The van der Waals surface area contributed by atoms with Gasteiger partial charge in [-0.15, -0.1) is 0 Å². The number of nitrogens with one attached hydrogen (secondary N) is 1. The van der Waals surface area contributed by atoms with Gasteiger partial charge in [0, 0.05) is 6.20 Å². The van der Waals surface area contributed by atoms with Crippen LogP contribution < -0.4 is 5.32 Å². The third-order valence-corrected chi connectivity index (χ3v) is 3.00. The fraction of sp³-hybridized carbons (Fsp3) is 0.267. The third-order valence-electron chi connectivity index (χ3n) is 3.00. The zero-order valence-electron chi connectivity index (χ0n) is 11.0. The molecule has 0 bridgehead atoms. The standard InChI is InChI=1S/C15H16F2N2/c1-3-19-15(12-6-13(16)9-18-8-12)11-5-4-10(2)14(17)7-11/h4-9,15,19H,3H2,1-2H3. The topological polar surface area (TPSA) is 24.9 Å². The summed E-state index contributed by atoms with van der Waals surface area (Å²) in [6.45, 7) is 4.35. The minimum Gasteiger partial charge on any atom is -0.306 e. The van der Waals surface area contributed by atoms with Gasteiger partial charge in [-0.3, -0.25) is 4.98 Å². The van der Waals surface area contributed by atoms with E-state index in [1.54, 1.807) is 19.2 Å². The van der Waals surface area contributed by atoms with Crippen molar-refractivity contribution in [2.75, 3.05) is 6.54 Å². The molecule has 1 aromatic heterocycles. The lowest BCUT2D eigenvalue weighted by Gasteiger charge is -2.19. The van der Waals surface area contributed by atoms with Crippen molar-refractivity contribution in [2.24, 2.45) is 0 Å². The van der Waals surface area contributed by atoms with E-state index in [2.05, 4.69) is 10.3 Å². The Labute approximate surface area is 111 Å². The Kier molecular flexibility index (Phi) is 4.22. The van der Waals surface area contributed by atoms with E-state index in [-0.39, 0.29) is 11.9 Å². The third kappa shape index (κ3) is 3.15. The van der Waals surface area contributed by atoms with Crippen LogP contribution in [0.2, 0.25) is 0 Å². The Morgan fingerprint density at radius 1 is 1.16 bits per heavy atom. The maximum Gasteiger partial charge on any atom is 0.141 e. The van der Waals surface area contributed by atoms with Crippen molar-refractivity contribution in [3.8, 4) is 0 Å². The molecule has 0 aliphatic rings. The van der Waals surface area contributed by atoms with E-state index in [9.17, 15) is 8.78 Å². The van der Waals surface area contributed by atoms with Gasteiger partial charge in [-0.1, -0.05) is 19.1 Å². The molecule has 0 spiro atoms. The molecule has 2 nitrogen and oxygen atoms in total. The van der Waals surface area contributed by atoms with Crippen molar-refractivity contribution in [3.63, 3.8) is 0 Å². The highest BCUT2D eigenvalue weighted by Crippen LogP contribution is 2.23. The average Bonchev–Trinajstić information content (AvgIpc) is 2.39.